The summed E-state index contributed by atoms with van der Waals surface area (Å²) in [5.41, 5.74) is 1.66. The van der Waals surface area contributed by atoms with Crippen molar-refractivity contribution in [1.29, 1.82) is 0 Å². The Morgan fingerprint density at radius 1 is 1.25 bits per heavy atom. The van der Waals surface area contributed by atoms with Crippen molar-refractivity contribution in [3.63, 3.8) is 0 Å². The molecule has 1 amide bonds. The number of rotatable bonds is 6. The highest BCUT2D eigenvalue weighted by Crippen LogP contribution is 2.19. The summed E-state index contributed by atoms with van der Waals surface area (Å²) in [6.45, 7) is 2.16. The van der Waals surface area contributed by atoms with E-state index in [9.17, 15) is 9.90 Å². The Bertz CT molecular complexity index is 522. The zero-order valence-corrected chi connectivity index (χ0v) is 11.5. The molecule has 0 spiro atoms. The van der Waals surface area contributed by atoms with E-state index in [1.54, 1.807) is 6.07 Å². The van der Waals surface area contributed by atoms with Crippen molar-refractivity contribution in [1.82, 2.24) is 5.32 Å². The SMILES string of the molecule is CC[C@H](C(=O)NC[C@H](O)c1ccoc1)c1ccccc1. The standard InChI is InChI=1S/C16H19NO3/c1-2-14(12-6-4-3-5-7-12)16(19)17-10-15(18)13-8-9-20-11-13/h3-9,11,14-15,18H,2,10H2,1H3,(H,17,19)/t14-,15-/m0/s1. The van der Waals surface area contributed by atoms with Gasteiger partial charge in [-0.3, -0.25) is 4.79 Å². The number of hydrogen-bond acceptors (Lipinski definition) is 3. The van der Waals surface area contributed by atoms with Crippen LogP contribution in [-0.2, 0) is 4.79 Å². The second kappa shape index (κ2) is 6.91. The van der Waals surface area contributed by atoms with Gasteiger partial charge in [0.15, 0.2) is 0 Å². The molecule has 0 aliphatic carbocycles. The first-order chi connectivity index (χ1) is 9.72. The number of benzene rings is 1. The third kappa shape index (κ3) is 3.48. The van der Waals surface area contributed by atoms with Gasteiger partial charge < -0.3 is 14.8 Å². The zero-order chi connectivity index (χ0) is 14.4. The van der Waals surface area contributed by atoms with Gasteiger partial charge in [-0.15, -0.1) is 0 Å². The lowest BCUT2D eigenvalue weighted by molar-refractivity contribution is -0.123. The normalized spacial score (nSPS) is 13.7. The van der Waals surface area contributed by atoms with Crippen LogP contribution in [0, 0.1) is 0 Å². The second-order valence-electron chi connectivity index (χ2n) is 4.69. The van der Waals surface area contributed by atoms with E-state index in [4.69, 9.17) is 4.42 Å². The molecule has 20 heavy (non-hydrogen) atoms. The van der Waals surface area contributed by atoms with E-state index in [2.05, 4.69) is 5.32 Å². The zero-order valence-electron chi connectivity index (χ0n) is 11.5. The molecule has 2 atom stereocenters. The molecule has 0 saturated carbocycles. The van der Waals surface area contributed by atoms with Crippen molar-refractivity contribution < 1.29 is 14.3 Å². The van der Waals surface area contributed by atoms with Gasteiger partial charge in [0.05, 0.1) is 24.5 Å². The van der Waals surface area contributed by atoms with Crippen LogP contribution in [0.15, 0.2) is 53.3 Å². The Labute approximate surface area is 118 Å². The molecule has 0 fully saturated rings. The lowest BCUT2D eigenvalue weighted by Crippen LogP contribution is -2.32. The summed E-state index contributed by atoms with van der Waals surface area (Å²) in [6.07, 6.45) is 2.95. The van der Waals surface area contributed by atoms with Crippen LogP contribution in [-0.4, -0.2) is 17.6 Å². The van der Waals surface area contributed by atoms with Crippen LogP contribution in [0.4, 0.5) is 0 Å². The topological polar surface area (TPSA) is 62.5 Å². The van der Waals surface area contributed by atoms with Crippen molar-refractivity contribution >= 4 is 5.91 Å². The third-order valence-electron chi connectivity index (χ3n) is 3.32. The van der Waals surface area contributed by atoms with E-state index < -0.39 is 6.10 Å². The van der Waals surface area contributed by atoms with Gasteiger partial charge in [-0.2, -0.15) is 0 Å². The van der Waals surface area contributed by atoms with Crippen molar-refractivity contribution in [3.05, 3.63) is 60.1 Å². The highest BCUT2D eigenvalue weighted by atomic mass is 16.3. The van der Waals surface area contributed by atoms with Gasteiger partial charge in [0.2, 0.25) is 5.91 Å². The van der Waals surface area contributed by atoms with E-state index in [0.29, 0.717) is 5.56 Å². The Balaban J connectivity index is 1.93. The molecule has 1 aromatic carbocycles. The first-order valence-electron chi connectivity index (χ1n) is 6.75. The molecule has 0 bridgehead atoms. The van der Waals surface area contributed by atoms with Gasteiger partial charge in [-0.25, -0.2) is 0 Å². The molecule has 2 N–H and O–H groups in total. The fourth-order valence-electron chi connectivity index (χ4n) is 2.16. The smallest absolute Gasteiger partial charge is 0.227 e. The summed E-state index contributed by atoms with van der Waals surface area (Å²) in [6, 6.07) is 11.3. The average molecular weight is 273 g/mol. The van der Waals surface area contributed by atoms with Gasteiger partial charge in [-0.1, -0.05) is 37.3 Å². The van der Waals surface area contributed by atoms with E-state index in [-0.39, 0.29) is 18.4 Å². The number of aliphatic hydroxyl groups is 1. The van der Waals surface area contributed by atoms with Crippen LogP contribution >= 0.6 is 0 Å². The highest BCUT2D eigenvalue weighted by Gasteiger charge is 2.19. The maximum atomic E-state index is 12.2. The van der Waals surface area contributed by atoms with Crippen LogP contribution in [0.3, 0.4) is 0 Å². The molecule has 0 unspecified atom stereocenters. The number of amides is 1. The number of nitrogens with one attached hydrogen (secondary N) is 1. The van der Waals surface area contributed by atoms with Gasteiger partial charge in [-0.05, 0) is 18.1 Å². The number of furan rings is 1. The van der Waals surface area contributed by atoms with Crippen molar-refractivity contribution in [2.75, 3.05) is 6.54 Å². The largest absolute Gasteiger partial charge is 0.472 e. The van der Waals surface area contributed by atoms with Gasteiger partial charge in [0.25, 0.3) is 0 Å². The molecule has 4 heteroatoms. The third-order valence-corrected chi connectivity index (χ3v) is 3.32. The Kier molecular flexibility index (Phi) is 4.96. The summed E-state index contributed by atoms with van der Waals surface area (Å²) >= 11 is 0. The second-order valence-corrected chi connectivity index (χ2v) is 4.69. The number of hydrogen-bond donors (Lipinski definition) is 2. The lowest BCUT2D eigenvalue weighted by atomic mass is 9.95. The Morgan fingerprint density at radius 3 is 2.60 bits per heavy atom. The van der Waals surface area contributed by atoms with Crippen molar-refractivity contribution in [3.8, 4) is 0 Å². The molecular formula is C16H19NO3. The fourth-order valence-corrected chi connectivity index (χ4v) is 2.16. The number of carbonyl (C=O) groups is 1. The molecule has 1 heterocycles. The predicted molar refractivity (Wildman–Crippen MR) is 76.2 cm³/mol. The Hall–Kier alpha value is -2.07. The van der Waals surface area contributed by atoms with Crippen LogP contribution < -0.4 is 5.32 Å². The number of carbonyl (C=O) groups excluding carboxylic acids is 1. The molecule has 0 aliphatic rings. The quantitative estimate of drug-likeness (QED) is 0.850. The van der Waals surface area contributed by atoms with Crippen LogP contribution in [0.25, 0.3) is 0 Å². The first-order valence-corrected chi connectivity index (χ1v) is 6.75. The summed E-state index contributed by atoms with van der Waals surface area (Å²) in [5.74, 6) is -0.256. The molecule has 0 radical (unpaired) electrons. The molecule has 1 aromatic heterocycles. The molecular weight excluding hydrogens is 254 g/mol. The maximum Gasteiger partial charge on any atom is 0.227 e. The lowest BCUT2D eigenvalue weighted by Gasteiger charge is -2.17. The average Bonchev–Trinajstić information content (AvgIpc) is 3.01. The van der Waals surface area contributed by atoms with E-state index >= 15 is 0 Å². The highest BCUT2D eigenvalue weighted by molar-refractivity contribution is 5.83. The molecule has 106 valence electrons. The van der Waals surface area contributed by atoms with Gasteiger partial charge in [0.1, 0.15) is 0 Å². The van der Waals surface area contributed by atoms with Crippen molar-refractivity contribution in [2.45, 2.75) is 25.4 Å². The van der Waals surface area contributed by atoms with Crippen molar-refractivity contribution in [2.24, 2.45) is 0 Å². The minimum absolute atomic E-state index is 0.0683. The van der Waals surface area contributed by atoms with Gasteiger partial charge >= 0.3 is 0 Å². The van der Waals surface area contributed by atoms with Gasteiger partial charge in [0, 0.05) is 12.1 Å². The Morgan fingerprint density at radius 2 is 2.00 bits per heavy atom. The molecule has 0 aliphatic heterocycles. The predicted octanol–water partition coefficient (Wildman–Crippen LogP) is 2.62. The van der Waals surface area contributed by atoms with Crippen LogP contribution in [0.5, 0.6) is 0 Å². The van der Waals surface area contributed by atoms with E-state index in [1.165, 1.54) is 12.5 Å². The van der Waals surface area contributed by atoms with Crippen LogP contribution in [0.2, 0.25) is 0 Å². The molecule has 2 aromatic rings. The minimum atomic E-state index is -0.744. The first kappa shape index (κ1) is 14.3. The maximum absolute atomic E-state index is 12.2. The summed E-state index contributed by atoms with van der Waals surface area (Å²) < 4.78 is 4.91. The van der Waals surface area contributed by atoms with E-state index in [0.717, 1.165) is 12.0 Å². The summed E-state index contributed by atoms with van der Waals surface area (Å²) in [7, 11) is 0. The summed E-state index contributed by atoms with van der Waals surface area (Å²) in [4.78, 5) is 12.2. The van der Waals surface area contributed by atoms with Crippen LogP contribution in [0.1, 0.15) is 36.5 Å². The monoisotopic (exact) mass is 273 g/mol. The number of aliphatic hydroxyl groups excluding tert-OH is 1. The minimum Gasteiger partial charge on any atom is -0.472 e. The molecule has 4 nitrogen and oxygen atoms in total. The molecule has 2 rings (SSSR count). The van der Waals surface area contributed by atoms with E-state index in [1.807, 2.05) is 37.3 Å². The summed E-state index contributed by atoms with van der Waals surface area (Å²) in [5, 5.41) is 12.7. The molecule has 0 saturated heterocycles. The fraction of sp³-hybridized carbons (Fsp3) is 0.312.